The van der Waals surface area contributed by atoms with Gasteiger partial charge in [-0.25, -0.2) is 4.98 Å². The first kappa shape index (κ1) is 10.8. The predicted molar refractivity (Wildman–Crippen MR) is 66.4 cm³/mol. The predicted octanol–water partition coefficient (Wildman–Crippen LogP) is 1.40. The molecule has 0 radical (unpaired) electrons. The maximum atomic E-state index is 5.59. The van der Waals surface area contributed by atoms with E-state index in [1.54, 1.807) is 0 Å². The van der Waals surface area contributed by atoms with Crippen LogP contribution in [0.2, 0.25) is 0 Å². The molecule has 0 atom stereocenters. The lowest BCUT2D eigenvalue weighted by Crippen LogP contribution is -2.33. The maximum Gasteiger partial charge on any atom is 0.131 e. The SMILES string of the molecule is Cc1cc(CN)cnc1N1CCSCC1. The van der Waals surface area contributed by atoms with E-state index in [4.69, 9.17) is 5.73 Å². The molecule has 4 heteroatoms. The molecule has 1 saturated heterocycles. The first-order valence-corrected chi connectivity index (χ1v) is 6.45. The van der Waals surface area contributed by atoms with E-state index in [2.05, 4.69) is 22.9 Å². The molecule has 0 amide bonds. The monoisotopic (exact) mass is 223 g/mol. The molecule has 3 nitrogen and oxygen atoms in total. The van der Waals surface area contributed by atoms with Crippen molar-refractivity contribution in [1.82, 2.24) is 4.98 Å². The summed E-state index contributed by atoms with van der Waals surface area (Å²) in [4.78, 5) is 6.88. The van der Waals surface area contributed by atoms with Gasteiger partial charge in [-0.1, -0.05) is 0 Å². The molecule has 0 aromatic carbocycles. The second-order valence-electron chi connectivity index (χ2n) is 3.79. The van der Waals surface area contributed by atoms with Crippen molar-refractivity contribution in [3.63, 3.8) is 0 Å². The average Bonchev–Trinajstić information content (AvgIpc) is 2.30. The Balaban J connectivity index is 2.19. The highest BCUT2D eigenvalue weighted by Crippen LogP contribution is 2.21. The lowest BCUT2D eigenvalue weighted by Gasteiger charge is -2.28. The highest BCUT2D eigenvalue weighted by Gasteiger charge is 2.14. The highest BCUT2D eigenvalue weighted by atomic mass is 32.2. The molecular weight excluding hydrogens is 206 g/mol. The van der Waals surface area contributed by atoms with Gasteiger partial charge in [0.1, 0.15) is 5.82 Å². The van der Waals surface area contributed by atoms with Crippen LogP contribution < -0.4 is 10.6 Å². The van der Waals surface area contributed by atoms with Crippen LogP contribution in [0.3, 0.4) is 0 Å². The summed E-state index contributed by atoms with van der Waals surface area (Å²) in [7, 11) is 0. The molecule has 2 heterocycles. The first-order valence-electron chi connectivity index (χ1n) is 5.29. The van der Waals surface area contributed by atoms with E-state index < -0.39 is 0 Å². The van der Waals surface area contributed by atoms with E-state index in [9.17, 15) is 0 Å². The van der Waals surface area contributed by atoms with Gasteiger partial charge in [-0.15, -0.1) is 0 Å². The van der Waals surface area contributed by atoms with Crippen molar-refractivity contribution >= 4 is 17.6 Å². The molecule has 0 spiro atoms. The summed E-state index contributed by atoms with van der Waals surface area (Å²) in [6.45, 7) is 4.91. The molecule has 0 bridgehead atoms. The Morgan fingerprint density at radius 2 is 2.20 bits per heavy atom. The number of nitrogens with zero attached hydrogens (tertiary/aromatic N) is 2. The minimum absolute atomic E-state index is 0.573. The zero-order valence-electron chi connectivity index (χ0n) is 9.07. The molecule has 15 heavy (non-hydrogen) atoms. The number of thioether (sulfide) groups is 1. The molecule has 0 saturated carbocycles. The van der Waals surface area contributed by atoms with Crippen molar-refractivity contribution in [2.24, 2.45) is 5.73 Å². The molecule has 1 aromatic rings. The van der Waals surface area contributed by atoms with E-state index in [1.807, 2.05) is 18.0 Å². The van der Waals surface area contributed by atoms with Crippen LogP contribution in [0.5, 0.6) is 0 Å². The van der Waals surface area contributed by atoms with Crippen LogP contribution in [-0.4, -0.2) is 29.6 Å². The standard InChI is InChI=1S/C11H17N3S/c1-9-6-10(7-12)8-13-11(9)14-2-4-15-5-3-14/h6,8H,2-5,7,12H2,1H3. The van der Waals surface area contributed by atoms with Gasteiger partial charge in [0.15, 0.2) is 0 Å². The molecule has 1 fully saturated rings. The lowest BCUT2D eigenvalue weighted by molar-refractivity contribution is 0.831. The van der Waals surface area contributed by atoms with Gasteiger partial charge in [0.2, 0.25) is 0 Å². The molecule has 1 aromatic heterocycles. The van der Waals surface area contributed by atoms with Gasteiger partial charge in [-0.05, 0) is 24.1 Å². The number of hydrogen-bond acceptors (Lipinski definition) is 4. The second kappa shape index (κ2) is 4.86. The number of hydrogen-bond donors (Lipinski definition) is 1. The van der Waals surface area contributed by atoms with Crippen molar-refractivity contribution < 1.29 is 0 Å². The fourth-order valence-corrected chi connectivity index (χ4v) is 2.75. The van der Waals surface area contributed by atoms with Gasteiger partial charge in [-0.2, -0.15) is 11.8 Å². The van der Waals surface area contributed by atoms with Crippen LogP contribution in [0.15, 0.2) is 12.3 Å². The average molecular weight is 223 g/mol. The van der Waals surface area contributed by atoms with Gasteiger partial charge in [-0.3, -0.25) is 0 Å². The third-order valence-corrected chi connectivity index (χ3v) is 3.60. The third kappa shape index (κ3) is 2.44. The van der Waals surface area contributed by atoms with E-state index in [-0.39, 0.29) is 0 Å². The fraction of sp³-hybridized carbons (Fsp3) is 0.545. The molecule has 2 rings (SSSR count). The topological polar surface area (TPSA) is 42.1 Å². The Labute approximate surface area is 95.1 Å². The zero-order chi connectivity index (χ0) is 10.7. The number of nitrogens with two attached hydrogens (primary N) is 1. The molecule has 1 aliphatic heterocycles. The van der Waals surface area contributed by atoms with Gasteiger partial charge in [0, 0.05) is 37.3 Å². The van der Waals surface area contributed by atoms with Crippen molar-refractivity contribution in [1.29, 1.82) is 0 Å². The van der Waals surface area contributed by atoms with Crippen molar-refractivity contribution in [3.05, 3.63) is 23.4 Å². The third-order valence-electron chi connectivity index (χ3n) is 2.65. The number of pyridine rings is 1. The van der Waals surface area contributed by atoms with Crippen LogP contribution in [0.1, 0.15) is 11.1 Å². The van der Waals surface area contributed by atoms with E-state index in [0.717, 1.165) is 24.5 Å². The Kier molecular flexibility index (Phi) is 3.49. The van der Waals surface area contributed by atoms with Gasteiger partial charge in [0.05, 0.1) is 0 Å². The Morgan fingerprint density at radius 3 is 2.80 bits per heavy atom. The normalized spacial score (nSPS) is 16.8. The summed E-state index contributed by atoms with van der Waals surface area (Å²) in [5.41, 5.74) is 7.94. The van der Waals surface area contributed by atoms with Crippen LogP contribution >= 0.6 is 11.8 Å². The minimum Gasteiger partial charge on any atom is -0.355 e. The Bertz CT molecular complexity index is 335. The summed E-state index contributed by atoms with van der Waals surface area (Å²) in [6.07, 6.45) is 1.89. The molecule has 82 valence electrons. The lowest BCUT2D eigenvalue weighted by atomic mass is 10.2. The summed E-state index contributed by atoms with van der Waals surface area (Å²) in [5.74, 6) is 3.55. The molecule has 0 aliphatic carbocycles. The maximum absolute atomic E-state index is 5.59. The number of aryl methyl sites for hydroxylation is 1. The van der Waals surface area contributed by atoms with E-state index in [0.29, 0.717) is 6.54 Å². The van der Waals surface area contributed by atoms with Crippen LogP contribution in [0, 0.1) is 6.92 Å². The van der Waals surface area contributed by atoms with E-state index >= 15 is 0 Å². The minimum atomic E-state index is 0.573. The second-order valence-corrected chi connectivity index (χ2v) is 5.01. The zero-order valence-corrected chi connectivity index (χ0v) is 9.89. The first-order chi connectivity index (χ1) is 7.31. The summed E-state index contributed by atoms with van der Waals surface area (Å²) >= 11 is 2.02. The van der Waals surface area contributed by atoms with Gasteiger partial charge < -0.3 is 10.6 Å². The molecule has 2 N–H and O–H groups in total. The molecule has 0 unspecified atom stereocenters. The van der Waals surface area contributed by atoms with Crippen LogP contribution in [0.25, 0.3) is 0 Å². The van der Waals surface area contributed by atoms with Crippen molar-refractivity contribution in [3.8, 4) is 0 Å². The number of rotatable bonds is 2. The summed E-state index contributed by atoms with van der Waals surface area (Å²) in [5, 5.41) is 0. The fourth-order valence-electron chi connectivity index (χ4n) is 1.84. The highest BCUT2D eigenvalue weighted by molar-refractivity contribution is 7.99. The Hall–Kier alpha value is -0.740. The molecular formula is C11H17N3S. The van der Waals surface area contributed by atoms with Crippen molar-refractivity contribution in [2.75, 3.05) is 29.5 Å². The van der Waals surface area contributed by atoms with Crippen LogP contribution in [-0.2, 0) is 6.54 Å². The van der Waals surface area contributed by atoms with Gasteiger partial charge in [0.25, 0.3) is 0 Å². The van der Waals surface area contributed by atoms with Crippen molar-refractivity contribution in [2.45, 2.75) is 13.5 Å². The summed E-state index contributed by atoms with van der Waals surface area (Å²) < 4.78 is 0. The number of aromatic nitrogens is 1. The van der Waals surface area contributed by atoms with Gasteiger partial charge >= 0.3 is 0 Å². The molecule has 1 aliphatic rings. The smallest absolute Gasteiger partial charge is 0.131 e. The van der Waals surface area contributed by atoms with E-state index in [1.165, 1.54) is 17.1 Å². The largest absolute Gasteiger partial charge is 0.355 e. The Morgan fingerprint density at radius 1 is 1.47 bits per heavy atom. The summed E-state index contributed by atoms with van der Waals surface area (Å²) in [6, 6.07) is 2.14. The number of anilines is 1. The van der Waals surface area contributed by atoms with Crippen LogP contribution in [0.4, 0.5) is 5.82 Å². The quantitative estimate of drug-likeness (QED) is 0.823.